The Labute approximate surface area is 157 Å². The maximum absolute atomic E-state index is 13.7. The number of hydrogen-bond acceptors (Lipinski definition) is 3. The highest BCUT2D eigenvalue weighted by Crippen LogP contribution is 2.22. The first-order chi connectivity index (χ1) is 13.0. The largest absolute Gasteiger partial charge is 0.462 e. The first-order valence-corrected chi connectivity index (χ1v) is 8.76. The van der Waals surface area contributed by atoms with E-state index in [1.165, 1.54) is 6.07 Å². The fraction of sp³-hybridized carbons (Fsp3) is 0.182. The fourth-order valence-electron chi connectivity index (χ4n) is 2.97. The monoisotopic (exact) mass is 364 g/mol. The SMILES string of the molecule is CCOC(=O)c1ccc(-n2c(C)cc(C=Nc3ccccc3F)c2C)cc1. The number of aromatic nitrogens is 1. The zero-order chi connectivity index (χ0) is 19.4. The van der Waals surface area contributed by atoms with Crippen LogP contribution in [0.4, 0.5) is 10.1 Å². The molecule has 5 heteroatoms. The normalized spacial score (nSPS) is 11.1. The van der Waals surface area contributed by atoms with E-state index in [-0.39, 0.29) is 11.8 Å². The van der Waals surface area contributed by atoms with E-state index in [2.05, 4.69) is 9.56 Å². The third-order valence-electron chi connectivity index (χ3n) is 4.30. The Morgan fingerprint density at radius 3 is 2.52 bits per heavy atom. The number of hydrogen-bond donors (Lipinski definition) is 0. The van der Waals surface area contributed by atoms with E-state index in [1.54, 1.807) is 43.5 Å². The van der Waals surface area contributed by atoms with Crippen molar-refractivity contribution in [3.63, 3.8) is 0 Å². The van der Waals surface area contributed by atoms with E-state index in [9.17, 15) is 9.18 Å². The molecule has 1 heterocycles. The van der Waals surface area contributed by atoms with Crippen molar-refractivity contribution < 1.29 is 13.9 Å². The average molecular weight is 364 g/mol. The molecule has 0 spiro atoms. The quantitative estimate of drug-likeness (QED) is 0.464. The van der Waals surface area contributed by atoms with Crippen molar-refractivity contribution in [2.24, 2.45) is 4.99 Å². The molecule has 0 N–H and O–H groups in total. The second-order valence-electron chi connectivity index (χ2n) is 6.14. The summed E-state index contributed by atoms with van der Waals surface area (Å²) in [6, 6.07) is 15.7. The predicted octanol–water partition coefficient (Wildman–Crippen LogP) is 5.16. The topological polar surface area (TPSA) is 43.6 Å². The fourth-order valence-corrected chi connectivity index (χ4v) is 2.97. The van der Waals surface area contributed by atoms with Gasteiger partial charge in [0.05, 0.1) is 17.9 Å². The van der Waals surface area contributed by atoms with Gasteiger partial charge in [-0.2, -0.15) is 0 Å². The van der Waals surface area contributed by atoms with Gasteiger partial charge in [0.2, 0.25) is 0 Å². The van der Waals surface area contributed by atoms with Gasteiger partial charge in [0.1, 0.15) is 5.82 Å². The number of aliphatic imine (C=N–C) groups is 1. The number of aryl methyl sites for hydroxylation is 1. The van der Waals surface area contributed by atoms with Crippen LogP contribution < -0.4 is 0 Å². The van der Waals surface area contributed by atoms with Gasteiger partial charge >= 0.3 is 5.97 Å². The van der Waals surface area contributed by atoms with Crippen LogP contribution in [0.2, 0.25) is 0 Å². The van der Waals surface area contributed by atoms with Crippen LogP contribution in [0.25, 0.3) is 5.69 Å². The number of esters is 1. The molecule has 2 aromatic carbocycles. The third-order valence-corrected chi connectivity index (χ3v) is 4.30. The van der Waals surface area contributed by atoms with Gasteiger partial charge < -0.3 is 9.30 Å². The van der Waals surface area contributed by atoms with E-state index in [0.717, 1.165) is 22.6 Å². The summed E-state index contributed by atoms with van der Waals surface area (Å²) < 4.78 is 20.8. The molecular weight excluding hydrogens is 343 g/mol. The number of benzene rings is 2. The lowest BCUT2D eigenvalue weighted by atomic mass is 10.2. The van der Waals surface area contributed by atoms with Crippen LogP contribution in [0.1, 0.15) is 34.2 Å². The molecule has 0 aliphatic heterocycles. The first-order valence-electron chi connectivity index (χ1n) is 8.76. The Morgan fingerprint density at radius 2 is 1.85 bits per heavy atom. The van der Waals surface area contributed by atoms with E-state index < -0.39 is 0 Å². The number of carbonyl (C=O) groups is 1. The summed E-state index contributed by atoms with van der Waals surface area (Å²) in [6.07, 6.45) is 1.67. The van der Waals surface area contributed by atoms with Gasteiger partial charge in [-0.05, 0) is 63.2 Å². The molecule has 0 saturated carbocycles. The van der Waals surface area contributed by atoms with Crippen molar-refractivity contribution >= 4 is 17.9 Å². The van der Waals surface area contributed by atoms with Crippen molar-refractivity contribution in [1.29, 1.82) is 0 Å². The van der Waals surface area contributed by atoms with Gasteiger partial charge in [0, 0.05) is 28.9 Å². The third kappa shape index (κ3) is 3.97. The average Bonchev–Trinajstić information content (AvgIpc) is 2.95. The number of nitrogens with zero attached hydrogens (tertiary/aromatic N) is 2. The summed E-state index contributed by atoms with van der Waals surface area (Å²) in [6.45, 7) is 6.10. The number of rotatable bonds is 5. The Balaban J connectivity index is 1.90. The predicted molar refractivity (Wildman–Crippen MR) is 105 cm³/mol. The molecule has 138 valence electrons. The Bertz CT molecular complexity index is 988. The summed E-state index contributed by atoms with van der Waals surface area (Å²) >= 11 is 0. The van der Waals surface area contributed by atoms with Crippen molar-refractivity contribution in [2.75, 3.05) is 6.61 Å². The van der Waals surface area contributed by atoms with Crippen LogP contribution in [0.3, 0.4) is 0 Å². The van der Waals surface area contributed by atoms with Crippen LogP contribution in [0.15, 0.2) is 59.6 Å². The number of halogens is 1. The molecule has 0 bridgehead atoms. The van der Waals surface area contributed by atoms with E-state index in [1.807, 2.05) is 32.0 Å². The number of para-hydroxylation sites is 1. The van der Waals surface area contributed by atoms with Gasteiger partial charge in [-0.15, -0.1) is 0 Å². The summed E-state index contributed by atoms with van der Waals surface area (Å²) in [7, 11) is 0. The van der Waals surface area contributed by atoms with Crippen LogP contribution in [0.5, 0.6) is 0 Å². The zero-order valence-corrected chi connectivity index (χ0v) is 15.6. The molecule has 1 aromatic heterocycles. The number of ether oxygens (including phenoxy) is 1. The van der Waals surface area contributed by atoms with Crippen molar-refractivity contribution in [1.82, 2.24) is 4.57 Å². The molecule has 0 aliphatic rings. The van der Waals surface area contributed by atoms with Gasteiger partial charge in [-0.25, -0.2) is 9.18 Å². The van der Waals surface area contributed by atoms with Crippen LogP contribution in [0, 0.1) is 19.7 Å². The van der Waals surface area contributed by atoms with Gasteiger partial charge in [-0.3, -0.25) is 4.99 Å². The molecule has 0 aliphatic carbocycles. The smallest absolute Gasteiger partial charge is 0.338 e. The van der Waals surface area contributed by atoms with Crippen LogP contribution in [-0.2, 0) is 4.74 Å². The second kappa shape index (κ2) is 7.99. The lowest BCUT2D eigenvalue weighted by molar-refractivity contribution is 0.0526. The molecular formula is C22H21FN2O2. The zero-order valence-electron chi connectivity index (χ0n) is 15.6. The van der Waals surface area contributed by atoms with Gasteiger partial charge in [0.25, 0.3) is 0 Å². The Kier molecular flexibility index (Phi) is 5.50. The summed E-state index contributed by atoms with van der Waals surface area (Å²) in [5.41, 5.74) is 4.67. The molecule has 0 unspecified atom stereocenters. The second-order valence-corrected chi connectivity index (χ2v) is 6.14. The van der Waals surface area contributed by atoms with Crippen LogP contribution >= 0.6 is 0 Å². The highest BCUT2D eigenvalue weighted by Gasteiger charge is 2.11. The molecule has 0 fully saturated rings. The number of carbonyl (C=O) groups excluding carboxylic acids is 1. The highest BCUT2D eigenvalue weighted by molar-refractivity contribution is 5.89. The van der Waals surface area contributed by atoms with Crippen molar-refractivity contribution in [3.8, 4) is 5.69 Å². The standard InChI is InChI=1S/C22H21FN2O2/c1-4-27-22(26)17-9-11-19(12-10-17)25-15(2)13-18(16(25)3)14-24-21-8-6-5-7-20(21)23/h5-14H,4H2,1-3H3. The highest BCUT2D eigenvalue weighted by atomic mass is 19.1. The maximum atomic E-state index is 13.7. The van der Waals surface area contributed by atoms with Gasteiger partial charge in [0.15, 0.2) is 0 Å². The van der Waals surface area contributed by atoms with Crippen LogP contribution in [-0.4, -0.2) is 23.4 Å². The Morgan fingerprint density at radius 1 is 1.15 bits per heavy atom. The van der Waals surface area contributed by atoms with E-state index >= 15 is 0 Å². The molecule has 4 nitrogen and oxygen atoms in total. The molecule has 0 radical (unpaired) electrons. The minimum atomic E-state index is -0.350. The molecule has 0 saturated heterocycles. The summed E-state index contributed by atoms with van der Waals surface area (Å²) in [5.74, 6) is -0.681. The van der Waals surface area contributed by atoms with E-state index in [4.69, 9.17) is 4.74 Å². The molecule has 0 atom stereocenters. The van der Waals surface area contributed by atoms with Gasteiger partial charge in [-0.1, -0.05) is 12.1 Å². The Hall–Kier alpha value is -3.21. The lowest BCUT2D eigenvalue weighted by Gasteiger charge is -2.10. The minimum Gasteiger partial charge on any atom is -0.462 e. The lowest BCUT2D eigenvalue weighted by Crippen LogP contribution is -2.05. The van der Waals surface area contributed by atoms with E-state index in [0.29, 0.717) is 17.9 Å². The molecule has 3 aromatic rings. The van der Waals surface area contributed by atoms with Crippen molar-refractivity contribution in [2.45, 2.75) is 20.8 Å². The molecule has 3 rings (SSSR count). The molecule has 27 heavy (non-hydrogen) atoms. The first kappa shape index (κ1) is 18.6. The minimum absolute atomic E-state index is 0.307. The summed E-state index contributed by atoms with van der Waals surface area (Å²) in [5, 5.41) is 0. The van der Waals surface area contributed by atoms with Crippen molar-refractivity contribution in [3.05, 3.63) is 82.9 Å². The summed E-state index contributed by atoms with van der Waals surface area (Å²) in [4.78, 5) is 16.1. The molecule has 0 amide bonds. The maximum Gasteiger partial charge on any atom is 0.338 e.